The molecule has 1 amide bonds. The molecule has 0 aliphatic carbocycles. The summed E-state index contributed by atoms with van der Waals surface area (Å²) in [5.41, 5.74) is 3.71. The van der Waals surface area contributed by atoms with E-state index in [-0.39, 0.29) is 5.91 Å². The third-order valence-electron chi connectivity index (χ3n) is 5.51. The first-order valence-electron chi connectivity index (χ1n) is 10.3. The summed E-state index contributed by atoms with van der Waals surface area (Å²) in [4.78, 5) is 26.1. The number of nitrogens with zero attached hydrogens (tertiary/aromatic N) is 5. The lowest BCUT2D eigenvalue weighted by molar-refractivity contribution is 0.0753. The third-order valence-corrected chi connectivity index (χ3v) is 5.51. The standard InChI is InChI=1S/C23H28N6O/c1-27-9-6-10-29(12-11-27)22(30)21-13-19(17-28(21)2)20-15-25-23(26-16-20)24-14-18-7-4-3-5-8-18/h3-5,7-8,13,15-17H,6,9-12,14H2,1-2H3,(H,24,25,26). The summed E-state index contributed by atoms with van der Waals surface area (Å²) < 4.78 is 1.90. The molecular weight excluding hydrogens is 376 g/mol. The van der Waals surface area contributed by atoms with Gasteiger partial charge in [0.15, 0.2) is 0 Å². The number of nitrogens with one attached hydrogen (secondary N) is 1. The highest BCUT2D eigenvalue weighted by molar-refractivity contribution is 5.94. The highest BCUT2D eigenvalue weighted by atomic mass is 16.2. The summed E-state index contributed by atoms with van der Waals surface area (Å²) in [6, 6.07) is 12.1. The molecule has 0 bridgehead atoms. The number of amides is 1. The second-order valence-corrected chi connectivity index (χ2v) is 7.81. The fraction of sp³-hybridized carbons (Fsp3) is 0.348. The van der Waals surface area contributed by atoms with Gasteiger partial charge in [0.05, 0.1) is 0 Å². The number of rotatable bonds is 5. The van der Waals surface area contributed by atoms with Crippen molar-refractivity contribution in [2.24, 2.45) is 7.05 Å². The lowest BCUT2D eigenvalue weighted by Crippen LogP contribution is -2.35. The van der Waals surface area contributed by atoms with E-state index in [1.54, 1.807) is 12.4 Å². The zero-order valence-corrected chi connectivity index (χ0v) is 17.6. The van der Waals surface area contributed by atoms with Crippen molar-refractivity contribution in [2.75, 3.05) is 38.5 Å². The van der Waals surface area contributed by atoms with E-state index in [1.165, 1.54) is 5.56 Å². The summed E-state index contributed by atoms with van der Waals surface area (Å²) >= 11 is 0. The maximum atomic E-state index is 13.0. The number of hydrogen-bond donors (Lipinski definition) is 1. The van der Waals surface area contributed by atoms with Gasteiger partial charge in [-0.15, -0.1) is 0 Å². The van der Waals surface area contributed by atoms with Crippen LogP contribution in [0.15, 0.2) is 55.0 Å². The molecule has 0 saturated carbocycles. The normalized spacial score (nSPS) is 15.1. The van der Waals surface area contributed by atoms with Crippen molar-refractivity contribution >= 4 is 11.9 Å². The third kappa shape index (κ3) is 4.68. The van der Waals surface area contributed by atoms with Crippen molar-refractivity contribution in [1.29, 1.82) is 0 Å². The Morgan fingerprint density at radius 3 is 2.53 bits per heavy atom. The Morgan fingerprint density at radius 1 is 1.00 bits per heavy atom. The number of anilines is 1. The number of hydrogen-bond acceptors (Lipinski definition) is 5. The number of aryl methyl sites for hydroxylation is 1. The number of benzene rings is 1. The van der Waals surface area contributed by atoms with E-state index in [4.69, 9.17) is 0 Å². The lowest BCUT2D eigenvalue weighted by atomic mass is 10.2. The number of carbonyl (C=O) groups excluding carboxylic acids is 1. The summed E-state index contributed by atoms with van der Waals surface area (Å²) in [6.07, 6.45) is 6.56. The Kier molecular flexibility index (Phi) is 6.09. The molecule has 2 aromatic heterocycles. The van der Waals surface area contributed by atoms with E-state index in [2.05, 4.69) is 39.4 Å². The summed E-state index contributed by atoms with van der Waals surface area (Å²) in [7, 11) is 4.02. The van der Waals surface area contributed by atoms with Crippen LogP contribution in [0.1, 0.15) is 22.5 Å². The molecule has 3 heterocycles. The first-order valence-corrected chi connectivity index (χ1v) is 10.3. The van der Waals surface area contributed by atoms with Crippen molar-refractivity contribution in [3.05, 3.63) is 66.2 Å². The largest absolute Gasteiger partial charge is 0.350 e. The Morgan fingerprint density at radius 2 is 1.77 bits per heavy atom. The molecule has 1 N–H and O–H groups in total. The molecule has 0 radical (unpaired) electrons. The van der Waals surface area contributed by atoms with Crippen molar-refractivity contribution in [2.45, 2.75) is 13.0 Å². The molecule has 7 heteroatoms. The van der Waals surface area contributed by atoms with Crippen LogP contribution in [0, 0.1) is 0 Å². The van der Waals surface area contributed by atoms with E-state index in [9.17, 15) is 4.79 Å². The van der Waals surface area contributed by atoms with Crippen LogP contribution >= 0.6 is 0 Å². The quantitative estimate of drug-likeness (QED) is 0.708. The molecule has 3 aromatic rings. The van der Waals surface area contributed by atoms with Crippen LogP contribution in [-0.2, 0) is 13.6 Å². The highest BCUT2D eigenvalue weighted by Gasteiger charge is 2.22. The number of carbonyl (C=O) groups is 1. The van der Waals surface area contributed by atoms with Crippen molar-refractivity contribution in [3.63, 3.8) is 0 Å². The minimum Gasteiger partial charge on any atom is -0.350 e. The SMILES string of the molecule is CN1CCCN(C(=O)c2cc(-c3cnc(NCc4ccccc4)nc3)cn2C)CC1. The summed E-state index contributed by atoms with van der Waals surface area (Å²) in [5.74, 6) is 0.671. The molecule has 1 aromatic carbocycles. The molecule has 1 aliphatic rings. The second-order valence-electron chi connectivity index (χ2n) is 7.81. The predicted octanol–water partition coefficient (Wildman–Crippen LogP) is 2.87. The minimum atomic E-state index is 0.0844. The Balaban J connectivity index is 1.44. The predicted molar refractivity (Wildman–Crippen MR) is 118 cm³/mol. The van der Waals surface area contributed by atoms with Gasteiger partial charge in [0.1, 0.15) is 5.69 Å². The Bertz CT molecular complexity index is 983. The van der Waals surface area contributed by atoms with Crippen molar-refractivity contribution < 1.29 is 4.79 Å². The maximum absolute atomic E-state index is 13.0. The first-order chi connectivity index (χ1) is 14.6. The zero-order chi connectivity index (χ0) is 20.9. The molecule has 0 spiro atoms. The van der Waals surface area contributed by atoms with Crippen molar-refractivity contribution in [1.82, 2.24) is 24.3 Å². The number of aromatic nitrogens is 3. The van der Waals surface area contributed by atoms with Crippen LogP contribution < -0.4 is 5.32 Å². The smallest absolute Gasteiger partial charge is 0.270 e. The Hall–Kier alpha value is -3.19. The molecule has 1 aliphatic heterocycles. The lowest BCUT2D eigenvalue weighted by Gasteiger charge is -2.20. The molecule has 30 heavy (non-hydrogen) atoms. The van der Waals surface area contributed by atoms with E-state index in [1.807, 2.05) is 47.0 Å². The molecule has 0 unspecified atom stereocenters. The monoisotopic (exact) mass is 404 g/mol. The van der Waals surface area contributed by atoms with Crippen molar-refractivity contribution in [3.8, 4) is 11.1 Å². The van der Waals surface area contributed by atoms with Gasteiger partial charge in [0.25, 0.3) is 5.91 Å². The molecular formula is C23H28N6O. The van der Waals surface area contributed by atoms with E-state index in [0.717, 1.165) is 43.7 Å². The van der Waals surface area contributed by atoms with Gasteiger partial charge in [0.2, 0.25) is 5.95 Å². The average Bonchev–Trinajstić information content (AvgIpc) is 3.03. The van der Waals surface area contributed by atoms with E-state index < -0.39 is 0 Å². The van der Waals surface area contributed by atoms with Gasteiger partial charge in [0, 0.05) is 62.9 Å². The van der Waals surface area contributed by atoms with Gasteiger partial charge >= 0.3 is 0 Å². The van der Waals surface area contributed by atoms with E-state index in [0.29, 0.717) is 18.2 Å². The summed E-state index contributed by atoms with van der Waals surface area (Å²) in [5, 5.41) is 3.23. The molecule has 7 nitrogen and oxygen atoms in total. The molecule has 156 valence electrons. The van der Waals surface area contributed by atoms with E-state index >= 15 is 0 Å². The summed E-state index contributed by atoms with van der Waals surface area (Å²) in [6.45, 7) is 4.18. The van der Waals surface area contributed by atoms with Crippen LogP contribution in [0.2, 0.25) is 0 Å². The van der Waals surface area contributed by atoms with Gasteiger partial charge in [-0.3, -0.25) is 4.79 Å². The fourth-order valence-electron chi connectivity index (χ4n) is 3.69. The van der Waals surface area contributed by atoms with Crippen LogP contribution in [0.25, 0.3) is 11.1 Å². The maximum Gasteiger partial charge on any atom is 0.270 e. The number of likely N-dealkylation sites (N-methyl/N-ethyl adjacent to an activating group) is 1. The van der Waals surface area contributed by atoms with Gasteiger partial charge in [-0.05, 0) is 31.6 Å². The van der Waals surface area contributed by atoms with Crippen LogP contribution in [0.5, 0.6) is 0 Å². The highest BCUT2D eigenvalue weighted by Crippen LogP contribution is 2.22. The second kappa shape index (κ2) is 9.09. The van der Waals surface area contributed by atoms with Gasteiger partial charge in [-0.2, -0.15) is 0 Å². The first kappa shape index (κ1) is 20.1. The molecule has 1 saturated heterocycles. The minimum absolute atomic E-state index is 0.0844. The van der Waals surface area contributed by atoms with Gasteiger partial charge in [-0.1, -0.05) is 30.3 Å². The zero-order valence-electron chi connectivity index (χ0n) is 17.6. The van der Waals surface area contributed by atoms with Crippen LogP contribution in [0.4, 0.5) is 5.95 Å². The van der Waals surface area contributed by atoms with Crippen LogP contribution in [-0.4, -0.2) is 63.5 Å². The fourth-order valence-corrected chi connectivity index (χ4v) is 3.69. The van der Waals surface area contributed by atoms with Gasteiger partial charge in [-0.25, -0.2) is 9.97 Å². The Labute approximate surface area is 177 Å². The topological polar surface area (TPSA) is 66.3 Å². The average molecular weight is 405 g/mol. The molecule has 0 atom stereocenters. The van der Waals surface area contributed by atoms with Crippen LogP contribution in [0.3, 0.4) is 0 Å². The molecule has 4 rings (SSSR count). The molecule has 1 fully saturated rings. The van der Waals surface area contributed by atoms with Gasteiger partial charge < -0.3 is 19.7 Å².